The van der Waals surface area contributed by atoms with Crippen LogP contribution in [0, 0.1) is 6.92 Å². The molecule has 0 aliphatic carbocycles. The number of aryl methyl sites for hydroxylation is 1. The number of ketones is 2. The van der Waals surface area contributed by atoms with Gasteiger partial charge in [0.25, 0.3) is 5.91 Å². The minimum absolute atomic E-state index is 0. The van der Waals surface area contributed by atoms with Crippen LogP contribution in [0.3, 0.4) is 0 Å². The smallest absolute Gasteiger partial charge is 0.267 e. The Morgan fingerprint density at radius 1 is 1.00 bits per heavy atom. The van der Waals surface area contributed by atoms with Gasteiger partial charge in [-0.3, -0.25) is 14.4 Å². The number of hydrogen-bond donors (Lipinski definition) is 2. The number of aromatic nitrogens is 1. The molecule has 4 rings (SSSR count). The Morgan fingerprint density at radius 2 is 1.62 bits per heavy atom. The van der Waals surface area contributed by atoms with Crippen LogP contribution < -0.4 is 5.32 Å². The van der Waals surface area contributed by atoms with E-state index >= 15 is 0 Å². The molecule has 2 heterocycles. The molecule has 2 aromatic heterocycles. The molecule has 0 aliphatic heterocycles. The molecule has 2 aromatic carbocycles. The minimum atomic E-state index is -1.14. The average Bonchev–Trinajstić information content (AvgIpc) is 3.09. The molecule has 0 spiro atoms. The third-order valence-corrected chi connectivity index (χ3v) is 6.98. The van der Waals surface area contributed by atoms with Crippen LogP contribution in [0.5, 0.6) is 0 Å². The molecule has 176 valence electrons. The Labute approximate surface area is 207 Å². The fraction of sp³-hybridized carbons (Fsp3) is 0.231. The SMILES string of the molecule is CC(=O)c1ccc(C(C)=O)c2c(C)c(C(=O)Nc3cc(C(C)(C)O)c4ccccc4n3)sc12.Cl. The lowest BCUT2D eigenvalue weighted by Crippen LogP contribution is -2.18. The largest absolute Gasteiger partial charge is 0.386 e. The molecule has 6 nitrogen and oxygen atoms in total. The summed E-state index contributed by atoms with van der Waals surface area (Å²) in [4.78, 5) is 42.6. The molecule has 2 N–H and O–H groups in total. The van der Waals surface area contributed by atoms with Crippen LogP contribution in [-0.4, -0.2) is 27.6 Å². The molecule has 0 atom stereocenters. The first-order valence-electron chi connectivity index (χ1n) is 10.5. The highest BCUT2D eigenvalue weighted by atomic mass is 35.5. The first kappa shape index (κ1) is 25.5. The quantitative estimate of drug-likeness (QED) is 0.327. The minimum Gasteiger partial charge on any atom is -0.386 e. The summed E-state index contributed by atoms with van der Waals surface area (Å²) >= 11 is 1.19. The highest BCUT2D eigenvalue weighted by Crippen LogP contribution is 2.37. The van der Waals surface area contributed by atoms with Crippen molar-refractivity contribution in [1.82, 2.24) is 4.98 Å². The first-order chi connectivity index (χ1) is 15.5. The fourth-order valence-electron chi connectivity index (χ4n) is 4.06. The van der Waals surface area contributed by atoms with Crippen molar-refractivity contribution in [2.24, 2.45) is 0 Å². The second-order valence-electron chi connectivity index (χ2n) is 8.62. The number of carbonyl (C=O) groups is 3. The molecule has 34 heavy (non-hydrogen) atoms. The number of fused-ring (bicyclic) bond motifs is 2. The standard InChI is InChI=1S/C26H24N2O4S.ClH/c1-13-22-16(14(2)29)10-11-17(15(3)30)24(22)33-23(13)25(31)28-21-12-19(26(4,5)32)18-8-6-7-9-20(18)27-21;/h6-12,32H,1-5H3,(H,27,28,31);1H. The van der Waals surface area contributed by atoms with Gasteiger partial charge in [-0.15, -0.1) is 23.7 Å². The molecule has 0 saturated heterocycles. The monoisotopic (exact) mass is 496 g/mol. The number of anilines is 1. The van der Waals surface area contributed by atoms with E-state index in [1.54, 1.807) is 39.0 Å². The van der Waals surface area contributed by atoms with E-state index in [4.69, 9.17) is 0 Å². The van der Waals surface area contributed by atoms with Crippen molar-refractivity contribution in [3.05, 3.63) is 69.6 Å². The van der Waals surface area contributed by atoms with E-state index in [1.165, 1.54) is 25.2 Å². The number of rotatable bonds is 5. The lowest BCUT2D eigenvalue weighted by Gasteiger charge is -2.21. The van der Waals surface area contributed by atoms with Crippen LogP contribution in [0.4, 0.5) is 5.82 Å². The van der Waals surface area contributed by atoms with E-state index in [0.29, 0.717) is 48.6 Å². The number of amides is 1. The molecule has 0 radical (unpaired) electrons. The van der Waals surface area contributed by atoms with E-state index < -0.39 is 5.60 Å². The van der Waals surface area contributed by atoms with Gasteiger partial charge in [0.2, 0.25) is 0 Å². The maximum atomic E-state index is 13.3. The lowest BCUT2D eigenvalue weighted by atomic mass is 9.94. The number of para-hydroxylation sites is 1. The van der Waals surface area contributed by atoms with Crippen molar-refractivity contribution in [3.8, 4) is 0 Å². The van der Waals surface area contributed by atoms with Crippen molar-refractivity contribution < 1.29 is 19.5 Å². The number of thiophene rings is 1. The number of hydrogen-bond acceptors (Lipinski definition) is 6. The third kappa shape index (κ3) is 4.46. The van der Waals surface area contributed by atoms with Gasteiger partial charge in [-0.2, -0.15) is 0 Å². The van der Waals surface area contributed by atoms with E-state index in [0.717, 1.165) is 5.39 Å². The van der Waals surface area contributed by atoms with E-state index in [1.807, 2.05) is 24.3 Å². The molecule has 0 fully saturated rings. The molecule has 0 bridgehead atoms. The summed E-state index contributed by atoms with van der Waals surface area (Å²) in [5.41, 5.74) is 1.77. The van der Waals surface area contributed by atoms with E-state index in [9.17, 15) is 19.5 Å². The zero-order valence-corrected chi connectivity index (χ0v) is 21.1. The number of nitrogens with one attached hydrogen (secondary N) is 1. The van der Waals surface area contributed by atoms with Gasteiger partial charge in [-0.05, 0) is 70.0 Å². The van der Waals surface area contributed by atoms with Crippen LogP contribution in [0.1, 0.15) is 69.2 Å². The summed E-state index contributed by atoms with van der Waals surface area (Å²) in [6, 6.07) is 12.4. The molecule has 4 aromatic rings. The summed E-state index contributed by atoms with van der Waals surface area (Å²) in [5.74, 6) is -0.336. The van der Waals surface area contributed by atoms with Gasteiger partial charge in [0, 0.05) is 26.6 Å². The number of carbonyl (C=O) groups excluding carboxylic acids is 3. The van der Waals surface area contributed by atoms with E-state index in [-0.39, 0.29) is 29.9 Å². The molecule has 8 heteroatoms. The van der Waals surface area contributed by atoms with Gasteiger partial charge in [0.05, 0.1) is 16.0 Å². The second kappa shape index (κ2) is 9.25. The molecule has 0 unspecified atom stereocenters. The number of aliphatic hydroxyl groups is 1. The third-order valence-electron chi connectivity index (χ3n) is 5.66. The van der Waals surface area contributed by atoms with Gasteiger partial charge in [-0.1, -0.05) is 18.2 Å². The summed E-state index contributed by atoms with van der Waals surface area (Å²) in [6.45, 7) is 8.08. The summed E-state index contributed by atoms with van der Waals surface area (Å²) < 4.78 is 0.626. The molecular weight excluding hydrogens is 472 g/mol. The predicted molar refractivity (Wildman–Crippen MR) is 139 cm³/mol. The van der Waals surface area contributed by atoms with Crippen LogP contribution >= 0.6 is 23.7 Å². The normalized spacial score (nSPS) is 11.4. The summed E-state index contributed by atoms with van der Waals surface area (Å²) in [6.07, 6.45) is 0. The molecule has 0 aliphatic rings. The zero-order chi connectivity index (χ0) is 24.1. The Bertz CT molecular complexity index is 1470. The highest BCUT2D eigenvalue weighted by Gasteiger charge is 2.24. The molecule has 1 amide bonds. The number of pyridine rings is 1. The number of benzene rings is 2. The molecular formula is C26H25ClN2O4S. The fourth-order valence-corrected chi connectivity index (χ4v) is 5.35. The Balaban J connectivity index is 0.00000324. The Morgan fingerprint density at radius 3 is 2.24 bits per heavy atom. The van der Waals surface area contributed by atoms with Crippen molar-refractivity contribution in [3.63, 3.8) is 0 Å². The van der Waals surface area contributed by atoms with Crippen LogP contribution in [0.25, 0.3) is 21.0 Å². The average molecular weight is 497 g/mol. The van der Waals surface area contributed by atoms with Gasteiger partial charge in [0.1, 0.15) is 5.82 Å². The van der Waals surface area contributed by atoms with Gasteiger partial charge >= 0.3 is 0 Å². The highest BCUT2D eigenvalue weighted by molar-refractivity contribution is 7.21. The van der Waals surface area contributed by atoms with Crippen molar-refractivity contribution in [1.29, 1.82) is 0 Å². The summed E-state index contributed by atoms with van der Waals surface area (Å²) in [7, 11) is 0. The maximum absolute atomic E-state index is 13.3. The lowest BCUT2D eigenvalue weighted by molar-refractivity contribution is 0.0801. The summed E-state index contributed by atoms with van der Waals surface area (Å²) in [5, 5.41) is 14.9. The second-order valence-corrected chi connectivity index (χ2v) is 9.64. The predicted octanol–water partition coefficient (Wildman–Crippen LogP) is 6.06. The number of nitrogens with zero attached hydrogens (tertiary/aromatic N) is 1. The van der Waals surface area contributed by atoms with Crippen molar-refractivity contribution >= 4 is 68.0 Å². The Kier molecular flexibility index (Phi) is 6.94. The number of Topliss-reactive ketones (excluding diaryl/α,β-unsaturated/α-hetero) is 2. The Hall–Kier alpha value is -3.13. The zero-order valence-electron chi connectivity index (χ0n) is 19.5. The van der Waals surface area contributed by atoms with Gasteiger partial charge in [0.15, 0.2) is 11.6 Å². The van der Waals surface area contributed by atoms with Crippen LogP contribution in [0.15, 0.2) is 42.5 Å². The molecule has 0 saturated carbocycles. The van der Waals surface area contributed by atoms with Crippen LogP contribution in [0.2, 0.25) is 0 Å². The van der Waals surface area contributed by atoms with Crippen molar-refractivity contribution in [2.75, 3.05) is 5.32 Å². The van der Waals surface area contributed by atoms with Gasteiger partial charge in [-0.25, -0.2) is 4.98 Å². The van der Waals surface area contributed by atoms with E-state index in [2.05, 4.69) is 10.3 Å². The van der Waals surface area contributed by atoms with Crippen molar-refractivity contribution in [2.45, 2.75) is 40.2 Å². The van der Waals surface area contributed by atoms with Gasteiger partial charge < -0.3 is 10.4 Å². The van der Waals surface area contributed by atoms with Crippen LogP contribution in [-0.2, 0) is 5.60 Å². The topological polar surface area (TPSA) is 96.4 Å². The maximum Gasteiger partial charge on any atom is 0.267 e. The first-order valence-corrected chi connectivity index (χ1v) is 11.3. The number of halogens is 1.